The lowest BCUT2D eigenvalue weighted by atomic mass is 10.00. The Labute approximate surface area is 653 Å². The van der Waals surface area contributed by atoms with Gasteiger partial charge in [-0.2, -0.15) is 8.75 Å². The zero-order valence-corrected chi connectivity index (χ0v) is 65.8. The monoisotopic (exact) mass is 1630 g/mol. The van der Waals surface area contributed by atoms with Crippen LogP contribution in [0.2, 0.25) is 10.0 Å². The van der Waals surface area contributed by atoms with Crippen molar-refractivity contribution in [2.24, 2.45) is 0 Å². The highest BCUT2D eigenvalue weighted by molar-refractivity contribution is 7.93. The number of anilines is 7. The minimum absolute atomic E-state index is 0. The van der Waals surface area contributed by atoms with E-state index in [9.17, 15) is 44.0 Å². The Morgan fingerprint density at radius 1 is 0.565 bits per heavy atom. The van der Waals surface area contributed by atoms with Gasteiger partial charge in [-0.3, -0.25) is 28.5 Å². The van der Waals surface area contributed by atoms with E-state index >= 15 is 0 Å². The SMILES string of the molecule is CC(C(=O)N1CCN(c2ccc(S(=O)(=O)Nc3ncns3)cc2)CC1)N1CCCc2cc(Cl)ccc21.C[C@H](C(=O)N1CCN(c2ccc(S(=O)(=O)Nc3nccs3)cc2)C[C@@H]1C)n1ccc2ccc(Cl)cc21.Cc1nsc(NS(=O)(=O)c2ccc(N3CCN(C(=O)[C@@H](C)n4ccc5c(F)cccc54)CC3)cc2)n1.[HH].[HH].[HH].[HH]. The number of carbonyl (C=O) groups is 3. The van der Waals surface area contributed by atoms with Gasteiger partial charge in [0.25, 0.3) is 30.1 Å². The third kappa shape index (κ3) is 17.3. The molecule has 0 bridgehead atoms. The van der Waals surface area contributed by atoms with E-state index < -0.39 is 36.1 Å². The Kier molecular flexibility index (Phi) is 23.3. The average Bonchev–Trinajstić information content (AvgIpc) is 1.59. The molecule has 1 unspecified atom stereocenters. The van der Waals surface area contributed by atoms with Gasteiger partial charge in [0, 0.05) is 176 Å². The van der Waals surface area contributed by atoms with Crippen molar-refractivity contribution in [3.05, 3.63) is 197 Å². The van der Waals surface area contributed by atoms with Gasteiger partial charge >= 0.3 is 0 Å². The van der Waals surface area contributed by atoms with Crippen LogP contribution in [0, 0.1) is 12.7 Å². The van der Waals surface area contributed by atoms with E-state index in [1.807, 2.05) is 106 Å². The summed E-state index contributed by atoms with van der Waals surface area (Å²) in [5, 5.41) is 5.41. The van der Waals surface area contributed by atoms with Crippen LogP contribution in [0.5, 0.6) is 0 Å². The van der Waals surface area contributed by atoms with E-state index in [2.05, 4.69) is 57.5 Å². The van der Waals surface area contributed by atoms with Crippen LogP contribution in [0.15, 0.2) is 185 Å². The van der Waals surface area contributed by atoms with Crippen LogP contribution >= 0.6 is 57.6 Å². The molecule has 3 fully saturated rings. The quantitative estimate of drug-likeness (QED) is 0.0719. The molecule has 0 aliphatic carbocycles. The number of sulfonamides is 3. The molecule has 15 rings (SSSR count). The summed E-state index contributed by atoms with van der Waals surface area (Å²) in [6.45, 7) is 17.1. The van der Waals surface area contributed by atoms with Crippen LogP contribution in [-0.2, 0) is 50.9 Å². The van der Waals surface area contributed by atoms with Gasteiger partial charge in [-0.25, -0.2) is 44.6 Å². The first-order valence-corrected chi connectivity index (χ1v) is 42.4. The number of thiazole rings is 1. The van der Waals surface area contributed by atoms with E-state index in [1.165, 1.54) is 29.3 Å². The van der Waals surface area contributed by atoms with Crippen molar-refractivity contribution in [2.75, 3.05) is 112 Å². The molecule has 3 saturated heterocycles. The number of carbonyl (C=O) groups excluding carboxylic acids is 3. The van der Waals surface area contributed by atoms with Crippen LogP contribution in [0.25, 0.3) is 21.8 Å². The summed E-state index contributed by atoms with van der Waals surface area (Å²) >= 11 is 15.6. The summed E-state index contributed by atoms with van der Waals surface area (Å²) in [7, 11) is -11.2. The number of halogens is 3. The number of piperazine rings is 3. The molecule has 0 spiro atoms. The lowest BCUT2D eigenvalue weighted by Gasteiger charge is -2.42. The van der Waals surface area contributed by atoms with Crippen molar-refractivity contribution >= 4 is 165 Å². The summed E-state index contributed by atoms with van der Waals surface area (Å²) in [5.41, 5.74) is 6.65. The molecule has 574 valence electrons. The molecule has 3 amide bonds. The van der Waals surface area contributed by atoms with Crippen molar-refractivity contribution in [1.29, 1.82) is 0 Å². The normalized spacial score (nSPS) is 16.6. The fraction of sp³-hybridized carbons (Fsp3) is 0.315. The van der Waals surface area contributed by atoms with Gasteiger partial charge in [-0.1, -0.05) is 35.3 Å². The van der Waals surface area contributed by atoms with Crippen LogP contribution in [0.1, 0.15) is 63.3 Å². The number of fused-ring (bicyclic) bond motifs is 3. The van der Waals surface area contributed by atoms with Gasteiger partial charge in [0.2, 0.25) is 28.0 Å². The lowest BCUT2D eigenvalue weighted by Crippen LogP contribution is -2.55. The molecule has 5 aromatic heterocycles. The van der Waals surface area contributed by atoms with Crippen LogP contribution < -0.4 is 33.8 Å². The van der Waals surface area contributed by atoms with E-state index in [1.54, 1.807) is 110 Å². The van der Waals surface area contributed by atoms with Crippen LogP contribution in [0.4, 0.5) is 42.5 Å². The van der Waals surface area contributed by atoms with Gasteiger partial charge in [0.05, 0.1) is 25.7 Å². The average molecular weight is 1630 g/mol. The Balaban J connectivity index is 0.000000189. The Morgan fingerprint density at radius 3 is 1.67 bits per heavy atom. The Hall–Kier alpha value is -9.48. The maximum atomic E-state index is 14.1. The van der Waals surface area contributed by atoms with Crippen molar-refractivity contribution in [1.82, 2.24) is 47.5 Å². The maximum Gasteiger partial charge on any atom is 0.263 e. The van der Waals surface area contributed by atoms with Crippen molar-refractivity contribution in [3.63, 3.8) is 0 Å². The largest absolute Gasteiger partial charge is 0.368 e. The summed E-state index contributed by atoms with van der Waals surface area (Å²) in [6.07, 6.45) is 8.52. The van der Waals surface area contributed by atoms with Gasteiger partial charge in [-0.05, 0) is 186 Å². The molecule has 4 aliphatic rings. The fourth-order valence-electron chi connectivity index (χ4n) is 13.8. The number of benzene rings is 6. The standard InChI is InChI=1S/C25H26ClN5O3S2.C24H27ClN6O3S2.C24H25FN6O3S2.4H2/c1-17-16-29(21-5-7-22(8-6-21)36(33,34)28-25-27-10-14-35-25)12-13-30(17)24(32)18(2)31-11-9-19-3-4-20(26)15-23(19)31;1-17(31-10-2-3-18-15-19(25)4-9-22(18)31)23(32)30-13-11-29(12-14-30)20-5-7-21(8-6-20)36(33,34)28-24-26-16-27-35-24;1-16(31-11-10-20-21(25)4-3-5-22(20)31)23(32)30-14-12-29(13-15-30)18-6-8-19(9-7-18)36(33,34)28-24-26-17(2)27-35-24;;;;/h3-11,14-15,17-18H,12-13,16H2,1-2H3,(H,27,28);4-9,15-17H,2-3,10-14H2,1H3,(H,26,27,28);3-11,16H,12-15H2,1-2H3,(H,26,27,28);4*1H/t17-,18+;;16-;;;;/m0.1..../s1. The smallest absolute Gasteiger partial charge is 0.263 e. The summed E-state index contributed by atoms with van der Waals surface area (Å²) < 4.78 is 109. The van der Waals surface area contributed by atoms with Crippen LogP contribution in [0.3, 0.4) is 0 Å². The molecule has 108 heavy (non-hydrogen) atoms. The number of amides is 3. The first-order chi connectivity index (χ1) is 51.8. The van der Waals surface area contributed by atoms with Crippen LogP contribution in [-0.4, -0.2) is 181 Å². The van der Waals surface area contributed by atoms with Gasteiger partial charge < -0.3 is 43.4 Å². The van der Waals surface area contributed by atoms with Crippen molar-refractivity contribution < 1.29 is 49.7 Å². The highest BCUT2D eigenvalue weighted by Crippen LogP contribution is 2.34. The first kappa shape index (κ1) is 76.7. The lowest BCUT2D eigenvalue weighted by molar-refractivity contribution is -0.136. The topological polar surface area (TPSA) is 287 Å². The number of hydrogen-bond donors (Lipinski definition) is 3. The molecule has 3 N–H and O–H groups in total. The molecule has 0 radical (unpaired) electrons. The van der Waals surface area contributed by atoms with Crippen molar-refractivity contribution in [3.8, 4) is 0 Å². The second-order valence-corrected chi connectivity index (χ2v) is 34.7. The number of aromatic nitrogens is 7. The maximum absolute atomic E-state index is 14.1. The minimum Gasteiger partial charge on any atom is -0.368 e. The first-order valence-electron chi connectivity index (χ1n) is 34.8. The molecule has 35 heteroatoms. The second-order valence-electron chi connectivity index (χ2n) is 26.4. The highest BCUT2D eigenvalue weighted by atomic mass is 35.5. The summed E-state index contributed by atoms with van der Waals surface area (Å²) in [4.78, 5) is 66.7. The Morgan fingerprint density at radius 2 is 1.10 bits per heavy atom. The summed E-state index contributed by atoms with van der Waals surface area (Å²) in [6, 6.07) is 39.3. The van der Waals surface area contributed by atoms with Gasteiger partial charge in [0.1, 0.15) is 36.1 Å². The summed E-state index contributed by atoms with van der Waals surface area (Å²) in [5.74, 6) is 0.381. The van der Waals surface area contributed by atoms with Gasteiger partial charge in [-0.15, -0.1) is 11.3 Å². The second kappa shape index (κ2) is 32.8. The predicted molar refractivity (Wildman–Crippen MR) is 433 cm³/mol. The molecular formula is C73H86Cl2FN17O9S6. The van der Waals surface area contributed by atoms with Crippen molar-refractivity contribution in [2.45, 2.75) is 86.3 Å². The zero-order valence-electron chi connectivity index (χ0n) is 59.4. The highest BCUT2D eigenvalue weighted by Gasteiger charge is 2.35. The molecule has 26 nitrogen and oxygen atoms in total. The van der Waals surface area contributed by atoms with E-state index in [0.29, 0.717) is 98.9 Å². The molecule has 4 atom stereocenters. The number of rotatable bonds is 18. The molecule has 6 aromatic carbocycles. The molecule has 4 aliphatic heterocycles. The van der Waals surface area contributed by atoms with E-state index in [4.69, 9.17) is 23.2 Å². The minimum atomic E-state index is -3.76. The molecular weight excluding hydrogens is 1540 g/mol. The third-order valence-electron chi connectivity index (χ3n) is 19.6. The molecule has 11 aromatic rings. The Bertz CT molecular complexity index is 5400. The van der Waals surface area contributed by atoms with E-state index in [-0.39, 0.29) is 72.3 Å². The number of nitrogens with zero attached hydrogens (tertiary/aromatic N) is 14. The van der Waals surface area contributed by atoms with Gasteiger partial charge in [0.15, 0.2) is 5.13 Å². The predicted octanol–water partition coefficient (Wildman–Crippen LogP) is 13.0. The molecule has 9 heterocycles. The number of nitrogens with one attached hydrogen (secondary N) is 3. The molecule has 0 saturated carbocycles. The zero-order chi connectivity index (χ0) is 76.2. The fourth-order valence-corrected chi connectivity index (χ4v) is 19.4. The third-order valence-corrected chi connectivity index (χ3v) is 26.5. The van der Waals surface area contributed by atoms with E-state index in [0.717, 1.165) is 81.1 Å². The number of hydrogen-bond acceptors (Lipinski definition) is 21. The number of aryl methyl sites for hydroxylation is 2.